The zero-order valence-electron chi connectivity index (χ0n) is 20.8. The third-order valence-electron chi connectivity index (χ3n) is 5.98. The van der Waals surface area contributed by atoms with Crippen molar-refractivity contribution in [2.75, 3.05) is 18.5 Å². The largest absolute Gasteiger partial charge is 0.490 e. The van der Waals surface area contributed by atoms with Gasteiger partial charge >= 0.3 is 5.97 Å². The standard InChI is InChI=1S/C29H28N4O4/c1-3-35-24-17-22(15-16-23(24)37-18-20-11-7-5-8-12-20)27-25(28(34)36-4-2)26(21-13-9-6-10-14-21)32-29-30-19-31-33(27)29/h5-17,19,27H,3-4,18H2,1-2H3,(H,30,31,32)/t27-/m0/s1. The molecule has 37 heavy (non-hydrogen) atoms. The van der Waals surface area contributed by atoms with E-state index in [-0.39, 0.29) is 6.61 Å². The highest BCUT2D eigenvalue weighted by Gasteiger charge is 2.36. The molecule has 4 aromatic rings. The monoisotopic (exact) mass is 496 g/mol. The summed E-state index contributed by atoms with van der Waals surface area (Å²) in [6.45, 7) is 4.83. The number of ether oxygens (including phenoxy) is 3. The molecule has 188 valence electrons. The van der Waals surface area contributed by atoms with Gasteiger partial charge in [-0.2, -0.15) is 10.1 Å². The molecule has 2 heterocycles. The molecular weight excluding hydrogens is 468 g/mol. The molecule has 1 aliphatic heterocycles. The number of nitrogens with one attached hydrogen (secondary N) is 1. The minimum Gasteiger partial charge on any atom is -0.490 e. The quantitative estimate of drug-likeness (QED) is 0.317. The lowest BCUT2D eigenvalue weighted by atomic mass is 9.92. The van der Waals surface area contributed by atoms with E-state index in [0.29, 0.717) is 41.9 Å². The molecule has 0 saturated heterocycles. The Hall–Kier alpha value is -4.59. The smallest absolute Gasteiger partial charge is 0.338 e. The first-order valence-corrected chi connectivity index (χ1v) is 12.3. The lowest BCUT2D eigenvalue weighted by Crippen LogP contribution is -2.30. The summed E-state index contributed by atoms with van der Waals surface area (Å²) in [6, 6.07) is 24.7. The van der Waals surface area contributed by atoms with Crippen molar-refractivity contribution >= 4 is 17.6 Å². The minimum atomic E-state index is -0.588. The fraction of sp³-hybridized carbons (Fsp3) is 0.207. The predicted octanol–water partition coefficient (Wildman–Crippen LogP) is 5.25. The van der Waals surface area contributed by atoms with Crippen molar-refractivity contribution in [3.8, 4) is 11.5 Å². The summed E-state index contributed by atoms with van der Waals surface area (Å²) in [5.74, 6) is 1.30. The summed E-state index contributed by atoms with van der Waals surface area (Å²) in [4.78, 5) is 17.8. The van der Waals surface area contributed by atoms with Crippen molar-refractivity contribution in [1.82, 2.24) is 14.8 Å². The number of hydrogen-bond acceptors (Lipinski definition) is 7. The Morgan fingerprint density at radius 3 is 2.41 bits per heavy atom. The molecule has 0 bridgehead atoms. The molecule has 0 radical (unpaired) electrons. The van der Waals surface area contributed by atoms with Gasteiger partial charge < -0.3 is 19.5 Å². The second-order valence-corrected chi connectivity index (χ2v) is 8.34. The Kier molecular flexibility index (Phi) is 7.16. The van der Waals surface area contributed by atoms with Gasteiger partial charge in [0.1, 0.15) is 19.0 Å². The molecule has 1 aliphatic rings. The maximum absolute atomic E-state index is 13.4. The average molecular weight is 497 g/mol. The van der Waals surface area contributed by atoms with Gasteiger partial charge in [0, 0.05) is 0 Å². The highest BCUT2D eigenvalue weighted by atomic mass is 16.5. The molecule has 0 amide bonds. The van der Waals surface area contributed by atoms with Crippen molar-refractivity contribution in [3.63, 3.8) is 0 Å². The number of carbonyl (C=O) groups excluding carboxylic acids is 1. The van der Waals surface area contributed by atoms with Gasteiger partial charge in [-0.3, -0.25) is 0 Å². The third-order valence-corrected chi connectivity index (χ3v) is 5.98. The van der Waals surface area contributed by atoms with Gasteiger partial charge in [0.25, 0.3) is 0 Å². The topological polar surface area (TPSA) is 87.5 Å². The first-order chi connectivity index (χ1) is 18.2. The molecule has 3 aromatic carbocycles. The van der Waals surface area contributed by atoms with Crippen LogP contribution in [0.4, 0.5) is 5.95 Å². The number of fused-ring (bicyclic) bond motifs is 1. The van der Waals surface area contributed by atoms with E-state index in [0.717, 1.165) is 16.7 Å². The molecular formula is C29H28N4O4. The van der Waals surface area contributed by atoms with Crippen molar-refractivity contribution in [2.45, 2.75) is 26.5 Å². The van der Waals surface area contributed by atoms with E-state index >= 15 is 0 Å². The Labute approximate surface area is 215 Å². The number of esters is 1. The number of benzene rings is 3. The lowest BCUT2D eigenvalue weighted by Gasteiger charge is -2.30. The van der Waals surface area contributed by atoms with Crippen LogP contribution >= 0.6 is 0 Å². The van der Waals surface area contributed by atoms with Crippen molar-refractivity contribution in [1.29, 1.82) is 0 Å². The van der Waals surface area contributed by atoms with E-state index in [1.807, 2.05) is 85.8 Å². The molecule has 8 nitrogen and oxygen atoms in total. The van der Waals surface area contributed by atoms with E-state index in [9.17, 15) is 4.79 Å². The van der Waals surface area contributed by atoms with Crippen LogP contribution in [-0.4, -0.2) is 33.9 Å². The summed E-state index contributed by atoms with van der Waals surface area (Å²) >= 11 is 0. The van der Waals surface area contributed by atoms with Crippen LogP contribution in [0.3, 0.4) is 0 Å². The number of hydrogen-bond donors (Lipinski definition) is 1. The third kappa shape index (κ3) is 5.04. The van der Waals surface area contributed by atoms with Crippen LogP contribution in [0.25, 0.3) is 5.70 Å². The maximum atomic E-state index is 13.4. The van der Waals surface area contributed by atoms with E-state index in [1.165, 1.54) is 6.33 Å². The summed E-state index contributed by atoms with van der Waals surface area (Å²) in [5, 5.41) is 7.72. The molecule has 0 fully saturated rings. The number of carbonyl (C=O) groups is 1. The SMILES string of the molecule is CCOC(=O)C1=C(c2ccccc2)Nc2ncnn2[C@H]1c1ccc(OCc2ccccc2)c(OCC)c1. The molecule has 0 saturated carbocycles. The zero-order chi connectivity index (χ0) is 25.6. The van der Waals surface area contributed by atoms with Crippen molar-refractivity contribution in [2.24, 2.45) is 0 Å². The second kappa shape index (κ2) is 11.0. The van der Waals surface area contributed by atoms with Crippen LogP contribution in [0.1, 0.15) is 36.6 Å². The van der Waals surface area contributed by atoms with E-state index in [1.54, 1.807) is 11.6 Å². The van der Waals surface area contributed by atoms with Crippen LogP contribution < -0.4 is 14.8 Å². The van der Waals surface area contributed by atoms with Crippen LogP contribution in [0.15, 0.2) is 90.8 Å². The van der Waals surface area contributed by atoms with Gasteiger partial charge in [-0.25, -0.2) is 9.48 Å². The van der Waals surface area contributed by atoms with Crippen LogP contribution in [0.5, 0.6) is 11.5 Å². The van der Waals surface area contributed by atoms with Gasteiger partial charge in [-0.05, 0) is 42.7 Å². The summed E-state index contributed by atoms with van der Waals surface area (Å²) < 4.78 is 19.3. The van der Waals surface area contributed by atoms with Gasteiger partial charge in [-0.1, -0.05) is 66.7 Å². The van der Waals surface area contributed by atoms with Gasteiger partial charge in [-0.15, -0.1) is 0 Å². The van der Waals surface area contributed by atoms with Crippen LogP contribution in [-0.2, 0) is 16.1 Å². The summed E-state index contributed by atoms with van der Waals surface area (Å²) in [7, 11) is 0. The highest BCUT2D eigenvalue weighted by Crippen LogP contribution is 2.41. The number of aromatic nitrogens is 3. The summed E-state index contributed by atoms with van der Waals surface area (Å²) in [5.41, 5.74) is 3.76. The predicted molar refractivity (Wildman–Crippen MR) is 140 cm³/mol. The highest BCUT2D eigenvalue weighted by molar-refractivity contribution is 6.02. The molecule has 5 rings (SSSR count). The lowest BCUT2D eigenvalue weighted by molar-refractivity contribution is -0.138. The number of anilines is 1. The normalized spacial score (nSPS) is 14.5. The van der Waals surface area contributed by atoms with Gasteiger partial charge in [0.2, 0.25) is 5.95 Å². The average Bonchev–Trinajstić information content (AvgIpc) is 3.41. The molecule has 0 unspecified atom stereocenters. The summed E-state index contributed by atoms with van der Waals surface area (Å²) in [6.07, 6.45) is 1.47. The molecule has 1 aromatic heterocycles. The Bertz CT molecular complexity index is 1400. The fourth-order valence-corrected chi connectivity index (χ4v) is 4.35. The fourth-order valence-electron chi connectivity index (χ4n) is 4.35. The molecule has 0 aliphatic carbocycles. The Morgan fingerprint density at radius 1 is 0.919 bits per heavy atom. The van der Waals surface area contributed by atoms with Crippen LogP contribution in [0.2, 0.25) is 0 Å². The van der Waals surface area contributed by atoms with E-state index in [4.69, 9.17) is 14.2 Å². The first kappa shape index (κ1) is 24.1. The Balaban J connectivity index is 1.60. The van der Waals surface area contributed by atoms with Crippen molar-refractivity contribution in [3.05, 3.63) is 107 Å². The zero-order valence-corrected chi connectivity index (χ0v) is 20.8. The minimum absolute atomic E-state index is 0.248. The molecule has 1 atom stereocenters. The van der Waals surface area contributed by atoms with E-state index in [2.05, 4.69) is 15.4 Å². The van der Waals surface area contributed by atoms with Crippen LogP contribution in [0, 0.1) is 0 Å². The molecule has 0 spiro atoms. The van der Waals surface area contributed by atoms with Gasteiger partial charge in [0.05, 0.1) is 24.5 Å². The van der Waals surface area contributed by atoms with Gasteiger partial charge in [0.15, 0.2) is 11.5 Å². The molecule has 8 heteroatoms. The van der Waals surface area contributed by atoms with Crippen molar-refractivity contribution < 1.29 is 19.0 Å². The Morgan fingerprint density at radius 2 is 1.68 bits per heavy atom. The second-order valence-electron chi connectivity index (χ2n) is 8.34. The number of rotatable bonds is 9. The molecule has 1 N–H and O–H groups in total. The number of nitrogens with zero attached hydrogens (tertiary/aromatic N) is 3. The maximum Gasteiger partial charge on any atom is 0.338 e. The first-order valence-electron chi connectivity index (χ1n) is 12.3. The van der Waals surface area contributed by atoms with E-state index < -0.39 is 12.0 Å².